The van der Waals surface area contributed by atoms with Gasteiger partial charge in [0.15, 0.2) is 5.78 Å². The Kier molecular flexibility index (Phi) is 4.34. The molecule has 0 atom stereocenters. The summed E-state index contributed by atoms with van der Waals surface area (Å²) in [6.07, 6.45) is 3.47. The van der Waals surface area contributed by atoms with Crippen LogP contribution in [-0.4, -0.2) is 5.78 Å². The molecule has 0 aliphatic carbocycles. The molecule has 3 aromatic carbocycles. The Balaban J connectivity index is 1.85. The molecule has 22 heavy (non-hydrogen) atoms. The predicted molar refractivity (Wildman–Crippen MR) is 92.4 cm³/mol. The molecule has 0 spiro atoms. The van der Waals surface area contributed by atoms with Gasteiger partial charge in [-0.25, -0.2) is 0 Å². The maximum atomic E-state index is 12.6. The van der Waals surface area contributed by atoms with Gasteiger partial charge in [-0.05, 0) is 35.2 Å². The fraction of sp³-hybridized carbons (Fsp3) is 0.190. The Morgan fingerprint density at radius 1 is 0.818 bits per heavy atom. The molecule has 0 saturated heterocycles. The molecule has 0 heterocycles. The van der Waals surface area contributed by atoms with E-state index in [0.717, 1.165) is 28.3 Å². The van der Waals surface area contributed by atoms with E-state index in [4.69, 9.17) is 0 Å². The SMILES string of the molecule is CCCCc1ccc(C(=O)c2ccc3ccccc3c2)cc1. The first kappa shape index (κ1) is 14.5. The summed E-state index contributed by atoms with van der Waals surface area (Å²) in [5.41, 5.74) is 2.81. The lowest BCUT2D eigenvalue weighted by Crippen LogP contribution is -2.01. The number of hydrogen-bond donors (Lipinski definition) is 0. The molecule has 0 bridgehead atoms. The van der Waals surface area contributed by atoms with Crippen molar-refractivity contribution in [3.63, 3.8) is 0 Å². The van der Waals surface area contributed by atoms with Gasteiger partial charge in [0.2, 0.25) is 0 Å². The van der Waals surface area contributed by atoms with Gasteiger partial charge >= 0.3 is 0 Å². The third-order valence-electron chi connectivity index (χ3n) is 4.05. The Labute approximate surface area is 131 Å². The average molecular weight is 288 g/mol. The van der Waals surface area contributed by atoms with Crippen molar-refractivity contribution < 1.29 is 4.79 Å². The fourth-order valence-electron chi connectivity index (χ4n) is 2.70. The summed E-state index contributed by atoms with van der Waals surface area (Å²) in [5, 5.41) is 2.27. The molecular weight excluding hydrogens is 268 g/mol. The minimum atomic E-state index is 0.0906. The third kappa shape index (κ3) is 3.09. The van der Waals surface area contributed by atoms with Crippen LogP contribution < -0.4 is 0 Å². The second-order valence-corrected chi connectivity index (χ2v) is 5.69. The molecular formula is C21H20O. The summed E-state index contributed by atoms with van der Waals surface area (Å²) in [6, 6.07) is 22.1. The molecule has 0 fully saturated rings. The van der Waals surface area contributed by atoms with Crippen molar-refractivity contribution in [3.05, 3.63) is 83.4 Å². The van der Waals surface area contributed by atoms with E-state index in [2.05, 4.69) is 25.1 Å². The molecule has 0 amide bonds. The number of benzene rings is 3. The Morgan fingerprint density at radius 2 is 1.50 bits per heavy atom. The quantitative estimate of drug-likeness (QED) is 0.573. The van der Waals surface area contributed by atoms with Crippen LogP contribution in [0, 0.1) is 0 Å². The number of carbonyl (C=O) groups is 1. The summed E-state index contributed by atoms with van der Waals surface area (Å²) in [5.74, 6) is 0.0906. The van der Waals surface area contributed by atoms with Crippen LogP contribution in [0.1, 0.15) is 41.3 Å². The van der Waals surface area contributed by atoms with E-state index in [1.54, 1.807) is 0 Å². The zero-order valence-electron chi connectivity index (χ0n) is 12.9. The van der Waals surface area contributed by atoms with Crippen LogP contribution in [0.2, 0.25) is 0 Å². The molecule has 0 saturated carbocycles. The maximum Gasteiger partial charge on any atom is 0.193 e. The Morgan fingerprint density at radius 3 is 2.23 bits per heavy atom. The van der Waals surface area contributed by atoms with E-state index < -0.39 is 0 Å². The van der Waals surface area contributed by atoms with Gasteiger partial charge in [0.25, 0.3) is 0 Å². The first-order chi connectivity index (χ1) is 10.8. The highest BCUT2D eigenvalue weighted by atomic mass is 16.1. The molecule has 0 aliphatic rings. The molecule has 0 aliphatic heterocycles. The number of hydrogen-bond acceptors (Lipinski definition) is 1. The Hall–Kier alpha value is -2.41. The zero-order valence-corrected chi connectivity index (χ0v) is 12.9. The summed E-state index contributed by atoms with van der Waals surface area (Å²) in [6.45, 7) is 2.19. The Bertz CT molecular complexity index is 784. The fourth-order valence-corrected chi connectivity index (χ4v) is 2.70. The zero-order chi connectivity index (χ0) is 15.4. The summed E-state index contributed by atoms with van der Waals surface area (Å²) in [4.78, 5) is 12.6. The smallest absolute Gasteiger partial charge is 0.193 e. The minimum absolute atomic E-state index is 0.0906. The van der Waals surface area contributed by atoms with Crippen LogP contribution in [0.5, 0.6) is 0 Å². The molecule has 1 heteroatoms. The molecule has 3 aromatic rings. The molecule has 0 radical (unpaired) electrons. The maximum absolute atomic E-state index is 12.6. The van der Waals surface area contributed by atoms with Crippen molar-refractivity contribution in [1.82, 2.24) is 0 Å². The van der Waals surface area contributed by atoms with Crippen molar-refractivity contribution in [2.75, 3.05) is 0 Å². The van der Waals surface area contributed by atoms with Gasteiger partial charge in [0, 0.05) is 11.1 Å². The van der Waals surface area contributed by atoms with Crippen LogP contribution >= 0.6 is 0 Å². The molecule has 0 unspecified atom stereocenters. The first-order valence-corrected chi connectivity index (χ1v) is 7.90. The van der Waals surface area contributed by atoms with Gasteiger partial charge in [-0.1, -0.05) is 74.0 Å². The number of unbranched alkanes of at least 4 members (excludes halogenated alkanes) is 1. The van der Waals surface area contributed by atoms with Crippen molar-refractivity contribution >= 4 is 16.6 Å². The number of fused-ring (bicyclic) bond motifs is 1. The number of ketones is 1. The van der Waals surface area contributed by atoms with E-state index in [1.165, 1.54) is 18.4 Å². The van der Waals surface area contributed by atoms with E-state index in [1.807, 2.05) is 48.5 Å². The summed E-state index contributed by atoms with van der Waals surface area (Å²) < 4.78 is 0. The van der Waals surface area contributed by atoms with Gasteiger partial charge in [0.1, 0.15) is 0 Å². The predicted octanol–water partition coefficient (Wildman–Crippen LogP) is 5.41. The monoisotopic (exact) mass is 288 g/mol. The van der Waals surface area contributed by atoms with Crippen LogP contribution in [0.25, 0.3) is 10.8 Å². The highest BCUT2D eigenvalue weighted by molar-refractivity contribution is 6.10. The highest BCUT2D eigenvalue weighted by Crippen LogP contribution is 2.18. The van der Waals surface area contributed by atoms with Gasteiger partial charge in [-0.3, -0.25) is 4.79 Å². The number of carbonyl (C=O) groups excluding carboxylic acids is 1. The van der Waals surface area contributed by atoms with Crippen molar-refractivity contribution in [3.8, 4) is 0 Å². The first-order valence-electron chi connectivity index (χ1n) is 7.90. The average Bonchev–Trinajstić information content (AvgIpc) is 2.59. The van der Waals surface area contributed by atoms with Gasteiger partial charge in [-0.15, -0.1) is 0 Å². The van der Waals surface area contributed by atoms with Crippen molar-refractivity contribution in [2.24, 2.45) is 0 Å². The molecule has 110 valence electrons. The van der Waals surface area contributed by atoms with E-state index in [-0.39, 0.29) is 5.78 Å². The van der Waals surface area contributed by atoms with Crippen LogP contribution in [-0.2, 0) is 6.42 Å². The number of aryl methyl sites for hydroxylation is 1. The molecule has 0 aromatic heterocycles. The lowest BCUT2D eigenvalue weighted by molar-refractivity contribution is 0.103. The highest BCUT2D eigenvalue weighted by Gasteiger charge is 2.09. The standard InChI is InChI=1S/C21H20O/c1-2-3-6-16-9-11-18(12-10-16)21(22)20-14-13-17-7-4-5-8-19(17)15-20/h4-5,7-15H,2-3,6H2,1H3. The molecule has 0 N–H and O–H groups in total. The van der Waals surface area contributed by atoms with E-state index in [0.29, 0.717) is 0 Å². The normalized spacial score (nSPS) is 10.8. The van der Waals surface area contributed by atoms with Crippen LogP contribution in [0.4, 0.5) is 0 Å². The number of rotatable bonds is 5. The van der Waals surface area contributed by atoms with Gasteiger partial charge in [0.05, 0.1) is 0 Å². The van der Waals surface area contributed by atoms with Gasteiger partial charge < -0.3 is 0 Å². The molecule has 1 nitrogen and oxygen atoms in total. The summed E-state index contributed by atoms with van der Waals surface area (Å²) in [7, 11) is 0. The second kappa shape index (κ2) is 6.57. The lowest BCUT2D eigenvalue weighted by Gasteiger charge is -2.05. The van der Waals surface area contributed by atoms with E-state index in [9.17, 15) is 4.79 Å². The van der Waals surface area contributed by atoms with Crippen LogP contribution in [0.15, 0.2) is 66.7 Å². The van der Waals surface area contributed by atoms with Crippen molar-refractivity contribution in [1.29, 1.82) is 0 Å². The minimum Gasteiger partial charge on any atom is -0.289 e. The largest absolute Gasteiger partial charge is 0.289 e. The van der Waals surface area contributed by atoms with Crippen LogP contribution in [0.3, 0.4) is 0 Å². The van der Waals surface area contributed by atoms with E-state index >= 15 is 0 Å². The van der Waals surface area contributed by atoms with Crippen molar-refractivity contribution in [2.45, 2.75) is 26.2 Å². The lowest BCUT2D eigenvalue weighted by atomic mass is 9.98. The third-order valence-corrected chi connectivity index (χ3v) is 4.05. The summed E-state index contributed by atoms with van der Waals surface area (Å²) >= 11 is 0. The topological polar surface area (TPSA) is 17.1 Å². The van der Waals surface area contributed by atoms with Gasteiger partial charge in [-0.2, -0.15) is 0 Å². The second-order valence-electron chi connectivity index (χ2n) is 5.69. The molecule has 3 rings (SSSR count).